The highest BCUT2D eigenvalue weighted by molar-refractivity contribution is 6.06. The Labute approximate surface area is 113 Å². The summed E-state index contributed by atoms with van der Waals surface area (Å²) in [6, 6.07) is 5.60. The van der Waals surface area contributed by atoms with Crippen LogP contribution in [0.3, 0.4) is 0 Å². The van der Waals surface area contributed by atoms with E-state index in [2.05, 4.69) is 5.32 Å². The molecule has 4 nitrogen and oxygen atoms in total. The summed E-state index contributed by atoms with van der Waals surface area (Å²) in [6.45, 7) is 1.63. The number of hydrogen-bond acceptors (Lipinski definition) is 3. The van der Waals surface area contributed by atoms with Crippen LogP contribution in [0.4, 0.5) is 14.5 Å². The Morgan fingerprint density at radius 3 is 2.10 bits per heavy atom. The van der Waals surface area contributed by atoms with Crippen molar-refractivity contribution in [3.63, 3.8) is 0 Å². The molecule has 0 saturated heterocycles. The molecule has 0 radical (unpaired) electrons. The summed E-state index contributed by atoms with van der Waals surface area (Å²) in [7, 11) is 0. The van der Waals surface area contributed by atoms with Crippen molar-refractivity contribution in [2.45, 2.75) is 6.92 Å². The van der Waals surface area contributed by atoms with E-state index in [9.17, 15) is 23.8 Å². The summed E-state index contributed by atoms with van der Waals surface area (Å²) >= 11 is 0. The van der Waals surface area contributed by atoms with E-state index in [-0.39, 0.29) is 5.69 Å². The Balaban J connectivity index is 2.38. The topological polar surface area (TPSA) is 69.6 Å². The Bertz CT molecular complexity index is 643. The normalized spacial score (nSPS) is 10.3. The number of hydrogen-bond donors (Lipinski definition) is 3. The zero-order chi connectivity index (χ0) is 14.9. The van der Waals surface area contributed by atoms with Gasteiger partial charge in [0.2, 0.25) is 0 Å². The van der Waals surface area contributed by atoms with Crippen molar-refractivity contribution in [3.8, 4) is 11.5 Å². The molecule has 2 rings (SSSR count). The van der Waals surface area contributed by atoms with Crippen molar-refractivity contribution in [1.82, 2.24) is 0 Å². The number of aromatic hydroxyl groups is 2. The fourth-order valence-electron chi connectivity index (χ4n) is 1.77. The van der Waals surface area contributed by atoms with Crippen molar-refractivity contribution in [2.75, 3.05) is 5.32 Å². The first-order valence-electron chi connectivity index (χ1n) is 5.68. The molecule has 0 aliphatic rings. The molecular weight excluding hydrogens is 268 g/mol. The Kier molecular flexibility index (Phi) is 3.56. The van der Waals surface area contributed by atoms with E-state index in [1.165, 1.54) is 12.1 Å². The van der Waals surface area contributed by atoms with Crippen LogP contribution in [-0.4, -0.2) is 16.1 Å². The largest absolute Gasteiger partial charge is 0.506 e. The van der Waals surface area contributed by atoms with Gasteiger partial charge in [0.1, 0.15) is 34.4 Å². The standard InChI is InChI=1S/C14H11F2NO3/c1-7-5-10(18)13(11(19)6-7)17-14(20)12-8(15)3-2-4-9(12)16/h2-6,18-19H,1H3,(H,17,20). The fraction of sp³-hybridized carbons (Fsp3) is 0.0714. The minimum Gasteiger partial charge on any atom is -0.506 e. The maximum atomic E-state index is 13.4. The van der Waals surface area contributed by atoms with E-state index in [4.69, 9.17) is 0 Å². The van der Waals surface area contributed by atoms with Gasteiger partial charge >= 0.3 is 0 Å². The van der Waals surface area contributed by atoms with Gasteiger partial charge in [-0.3, -0.25) is 4.79 Å². The van der Waals surface area contributed by atoms with Gasteiger partial charge in [-0.15, -0.1) is 0 Å². The number of amides is 1. The van der Waals surface area contributed by atoms with Crippen LogP contribution in [0.25, 0.3) is 0 Å². The van der Waals surface area contributed by atoms with Crippen molar-refractivity contribution in [2.24, 2.45) is 0 Å². The SMILES string of the molecule is Cc1cc(O)c(NC(=O)c2c(F)cccc2F)c(O)c1. The van der Waals surface area contributed by atoms with Gasteiger partial charge in [0, 0.05) is 0 Å². The van der Waals surface area contributed by atoms with E-state index in [1.54, 1.807) is 6.92 Å². The number of nitrogens with one attached hydrogen (secondary N) is 1. The van der Waals surface area contributed by atoms with Gasteiger partial charge < -0.3 is 15.5 Å². The minimum absolute atomic E-state index is 0.303. The lowest BCUT2D eigenvalue weighted by Crippen LogP contribution is -2.16. The summed E-state index contributed by atoms with van der Waals surface area (Å²) < 4.78 is 26.9. The second-order valence-corrected chi connectivity index (χ2v) is 4.23. The molecular formula is C14H11F2NO3. The molecule has 2 aromatic rings. The second kappa shape index (κ2) is 5.16. The molecule has 104 valence electrons. The minimum atomic E-state index is -1.10. The maximum Gasteiger partial charge on any atom is 0.261 e. The summed E-state index contributed by atoms with van der Waals surface area (Å²) in [4.78, 5) is 11.8. The highest BCUT2D eigenvalue weighted by Gasteiger charge is 2.19. The maximum absolute atomic E-state index is 13.4. The molecule has 0 aliphatic carbocycles. The molecule has 0 fully saturated rings. The van der Waals surface area contributed by atoms with Crippen LogP contribution in [0.1, 0.15) is 15.9 Å². The van der Waals surface area contributed by atoms with Gasteiger partial charge in [0.25, 0.3) is 5.91 Å². The van der Waals surface area contributed by atoms with Crippen LogP contribution in [0.15, 0.2) is 30.3 Å². The quantitative estimate of drug-likeness (QED) is 0.740. The van der Waals surface area contributed by atoms with Crippen LogP contribution >= 0.6 is 0 Å². The smallest absolute Gasteiger partial charge is 0.261 e. The first-order chi connectivity index (χ1) is 9.40. The number of rotatable bonds is 2. The average molecular weight is 279 g/mol. The summed E-state index contributed by atoms with van der Waals surface area (Å²) in [5, 5.41) is 21.4. The van der Waals surface area contributed by atoms with Gasteiger partial charge in [-0.1, -0.05) is 6.07 Å². The van der Waals surface area contributed by atoms with Crippen molar-refractivity contribution in [3.05, 3.63) is 53.1 Å². The lowest BCUT2D eigenvalue weighted by molar-refractivity contribution is 0.101. The fourth-order valence-corrected chi connectivity index (χ4v) is 1.77. The lowest BCUT2D eigenvalue weighted by Gasteiger charge is -2.11. The zero-order valence-electron chi connectivity index (χ0n) is 10.4. The molecule has 0 spiro atoms. The molecule has 0 aromatic heterocycles. The van der Waals surface area contributed by atoms with E-state index < -0.39 is 34.6 Å². The number of phenols is 2. The highest BCUT2D eigenvalue weighted by Crippen LogP contribution is 2.34. The second-order valence-electron chi connectivity index (χ2n) is 4.23. The average Bonchev–Trinajstić information content (AvgIpc) is 2.33. The third-order valence-corrected chi connectivity index (χ3v) is 2.67. The third kappa shape index (κ3) is 2.54. The summed E-state index contributed by atoms with van der Waals surface area (Å²) in [5.74, 6) is -3.96. The Hall–Kier alpha value is -2.63. The first kappa shape index (κ1) is 13.8. The Morgan fingerprint density at radius 2 is 1.60 bits per heavy atom. The van der Waals surface area contributed by atoms with Crippen LogP contribution < -0.4 is 5.32 Å². The number of carbonyl (C=O) groups excluding carboxylic acids is 1. The summed E-state index contributed by atoms with van der Waals surface area (Å²) in [6.07, 6.45) is 0. The van der Waals surface area contributed by atoms with Gasteiger partial charge in [-0.2, -0.15) is 0 Å². The predicted molar refractivity (Wildman–Crippen MR) is 68.8 cm³/mol. The van der Waals surface area contributed by atoms with Crippen molar-refractivity contribution >= 4 is 11.6 Å². The number of benzene rings is 2. The van der Waals surface area contributed by atoms with E-state index in [0.29, 0.717) is 5.56 Å². The highest BCUT2D eigenvalue weighted by atomic mass is 19.1. The molecule has 0 saturated carbocycles. The molecule has 0 atom stereocenters. The Morgan fingerprint density at radius 1 is 1.10 bits per heavy atom. The van der Waals surface area contributed by atoms with Crippen LogP contribution in [0.5, 0.6) is 11.5 Å². The van der Waals surface area contributed by atoms with Gasteiger partial charge in [-0.25, -0.2) is 8.78 Å². The molecule has 0 bridgehead atoms. The number of phenolic OH excluding ortho intramolecular Hbond substituents is 2. The molecule has 0 aliphatic heterocycles. The molecule has 0 unspecified atom stereocenters. The third-order valence-electron chi connectivity index (χ3n) is 2.67. The summed E-state index contributed by atoms with van der Waals surface area (Å²) in [5.41, 5.74) is -0.523. The van der Waals surface area contributed by atoms with Crippen LogP contribution in [-0.2, 0) is 0 Å². The lowest BCUT2D eigenvalue weighted by atomic mass is 10.1. The molecule has 6 heteroatoms. The number of aryl methyl sites for hydroxylation is 1. The van der Waals surface area contributed by atoms with E-state index in [0.717, 1.165) is 18.2 Å². The van der Waals surface area contributed by atoms with Crippen LogP contribution in [0, 0.1) is 18.6 Å². The molecule has 20 heavy (non-hydrogen) atoms. The molecule has 2 aromatic carbocycles. The van der Waals surface area contributed by atoms with E-state index >= 15 is 0 Å². The van der Waals surface area contributed by atoms with Gasteiger partial charge in [0.15, 0.2) is 0 Å². The van der Waals surface area contributed by atoms with Crippen LogP contribution in [0.2, 0.25) is 0 Å². The van der Waals surface area contributed by atoms with E-state index in [1.807, 2.05) is 0 Å². The molecule has 0 heterocycles. The zero-order valence-corrected chi connectivity index (χ0v) is 10.4. The van der Waals surface area contributed by atoms with Gasteiger partial charge in [0.05, 0.1) is 0 Å². The predicted octanol–water partition coefficient (Wildman–Crippen LogP) is 2.94. The molecule has 1 amide bonds. The first-order valence-corrected chi connectivity index (χ1v) is 5.68. The monoisotopic (exact) mass is 279 g/mol. The number of carbonyl (C=O) groups is 1. The van der Waals surface area contributed by atoms with Crippen molar-refractivity contribution < 1.29 is 23.8 Å². The van der Waals surface area contributed by atoms with Gasteiger partial charge in [-0.05, 0) is 36.8 Å². The van der Waals surface area contributed by atoms with Crippen molar-refractivity contribution in [1.29, 1.82) is 0 Å². The number of anilines is 1. The molecule has 3 N–H and O–H groups in total. The number of halogens is 2.